The summed E-state index contributed by atoms with van der Waals surface area (Å²) in [5.41, 5.74) is 2.22. The largest absolute Gasteiger partial charge is 0.342 e. The second kappa shape index (κ2) is 8.11. The van der Waals surface area contributed by atoms with Crippen molar-refractivity contribution in [3.8, 4) is 0 Å². The lowest BCUT2D eigenvalue weighted by molar-refractivity contribution is -0.128. The van der Waals surface area contributed by atoms with Gasteiger partial charge in [-0.05, 0) is 63.8 Å². The second-order valence-corrected chi connectivity index (χ2v) is 7.70. The normalized spacial score (nSPS) is 22.9. The standard InChI is InChI=1S/C21H29N3O3/c1-4-23-13-17(12-19(23)25)20(26)22-18-9-8-16(11-14(18)2)21(27)24-10-6-5-7-15(24)3/h8-9,11,15,17H,4-7,10,12-13H2,1-3H3,(H,22,26). The molecular formula is C21H29N3O3. The molecule has 146 valence electrons. The number of piperidine rings is 1. The third-order valence-electron chi connectivity index (χ3n) is 5.76. The molecule has 6 nitrogen and oxygen atoms in total. The van der Waals surface area contributed by atoms with Gasteiger partial charge in [0.25, 0.3) is 5.91 Å². The van der Waals surface area contributed by atoms with Crippen molar-refractivity contribution in [1.82, 2.24) is 9.80 Å². The molecule has 2 atom stereocenters. The maximum Gasteiger partial charge on any atom is 0.254 e. The molecule has 2 aliphatic heterocycles. The number of rotatable bonds is 4. The molecule has 0 aromatic heterocycles. The van der Waals surface area contributed by atoms with Gasteiger partial charge < -0.3 is 15.1 Å². The average Bonchev–Trinajstić information content (AvgIpc) is 3.04. The van der Waals surface area contributed by atoms with Gasteiger partial charge in [0.15, 0.2) is 0 Å². The minimum absolute atomic E-state index is 0.0333. The van der Waals surface area contributed by atoms with Gasteiger partial charge in [-0.25, -0.2) is 0 Å². The van der Waals surface area contributed by atoms with Crippen LogP contribution in [0, 0.1) is 12.8 Å². The molecule has 6 heteroatoms. The number of nitrogens with one attached hydrogen (secondary N) is 1. The summed E-state index contributed by atoms with van der Waals surface area (Å²) >= 11 is 0. The predicted molar refractivity (Wildman–Crippen MR) is 105 cm³/mol. The fourth-order valence-corrected chi connectivity index (χ4v) is 3.99. The minimum Gasteiger partial charge on any atom is -0.342 e. The van der Waals surface area contributed by atoms with Gasteiger partial charge in [-0.2, -0.15) is 0 Å². The topological polar surface area (TPSA) is 69.7 Å². The van der Waals surface area contributed by atoms with Gasteiger partial charge in [0.2, 0.25) is 11.8 Å². The van der Waals surface area contributed by atoms with Gasteiger partial charge in [-0.3, -0.25) is 14.4 Å². The lowest BCUT2D eigenvalue weighted by Crippen LogP contribution is -2.42. The van der Waals surface area contributed by atoms with Crippen molar-refractivity contribution in [1.29, 1.82) is 0 Å². The van der Waals surface area contributed by atoms with Crippen LogP contribution in [0.3, 0.4) is 0 Å². The van der Waals surface area contributed by atoms with Crippen LogP contribution in [0.4, 0.5) is 5.69 Å². The van der Waals surface area contributed by atoms with Crippen LogP contribution in [0.25, 0.3) is 0 Å². The molecule has 0 aliphatic carbocycles. The molecular weight excluding hydrogens is 342 g/mol. The highest BCUT2D eigenvalue weighted by atomic mass is 16.2. The van der Waals surface area contributed by atoms with Crippen molar-refractivity contribution in [3.05, 3.63) is 29.3 Å². The average molecular weight is 371 g/mol. The van der Waals surface area contributed by atoms with E-state index in [0.29, 0.717) is 24.3 Å². The lowest BCUT2D eigenvalue weighted by atomic mass is 10.0. The first-order chi connectivity index (χ1) is 12.9. The Morgan fingerprint density at radius 1 is 1.26 bits per heavy atom. The first kappa shape index (κ1) is 19.4. The second-order valence-electron chi connectivity index (χ2n) is 7.70. The summed E-state index contributed by atoms with van der Waals surface area (Å²) in [6, 6.07) is 5.69. The number of nitrogens with zero attached hydrogens (tertiary/aromatic N) is 2. The summed E-state index contributed by atoms with van der Waals surface area (Å²) in [6.07, 6.45) is 3.54. The molecule has 3 rings (SSSR count). The van der Waals surface area contributed by atoms with Crippen LogP contribution in [0.1, 0.15) is 55.5 Å². The molecule has 0 saturated carbocycles. The third-order valence-corrected chi connectivity index (χ3v) is 5.76. The van der Waals surface area contributed by atoms with Gasteiger partial charge in [-0.15, -0.1) is 0 Å². The van der Waals surface area contributed by atoms with Gasteiger partial charge >= 0.3 is 0 Å². The molecule has 2 aliphatic rings. The van der Waals surface area contributed by atoms with Crippen molar-refractivity contribution in [3.63, 3.8) is 0 Å². The van der Waals surface area contributed by atoms with Crippen LogP contribution in [0.2, 0.25) is 0 Å². The summed E-state index contributed by atoms with van der Waals surface area (Å²) in [6.45, 7) is 7.82. The zero-order valence-electron chi connectivity index (χ0n) is 16.5. The van der Waals surface area contributed by atoms with E-state index in [1.165, 1.54) is 6.42 Å². The van der Waals surface area contributed by atoms with E-state index in [1.54, 1.807) is 17.0 Å². The van der Waals surface area contributed by atoms with Crippen molar-refractivity contribution in [2.75, 3.05) is 25.0 Å². The molecule has 27 heavy (non-hydrogen) atoms. The van der Waals surface area contributed by atoms with Gasteiger partial charge in [0.1, 0.15) is 0 Å². The fraction of sp³-hybridized carbons (Fsp3) is 0.571. The zero-order valence-corrected chi connectivity index (χ0v) is 16.5. The van der Waals surface area contributed by atoms with E-state index < -0.39 is 0 Å². The summed E-state index contributed by atoms with van der Waals surface area (Å²) in [4.78, 5) is 40.8. The van der Waals surface area contributed by atoms with E-state index in [-0.39, 0.29) is 36.1 Å². The highest BCUT2D eigenvalue weighted by molar-refractivity contribution is 5.99. The SMILES string of the molecule is CCN1CC(C(=O)Nc2ccc(C(=O)N3CCCCC3C)cc2C)CC1=O. The van der Waals surface area contributed by atoms with Gasteiger partial charge in [0.05, 0.1) is 5.92 Å². The number of carbonyl (C=O) groups excluding carboxylic acids is 3. The van der Waals surface area contributed by atoms with E-state index >= 15 is 0 Å². The van der Waals surface area contributed by atoms with Crippen molar-refractivity contribution in [2.24, 2.45) is 5.92 Å². The minimum atomic E-state index is -0.313. The summed E-state index contributed by atoms with van der Waals surface area (Å²) in [5.74, 6) is -0.354. The fourth-order valence-electron chi connectivity index (χ4n) is 3.99. The molecule has 2 heterocycles. The maximum atomic E-state index is 12.8. The number of aryl methyl sites for hydroxylation is 1. The van der Waals surface area contributed by atoms with Gasteiger partial charge in [0, 0.05) is 43.3 Å². The number of amides is 3. The predicted octanol–water partition coefficient (Wildman–Crippen LogP) is 2.82. The number of anilines is 1. The van der Waals surface area contributed by atoms with E-state index in [2.05, 4.69) is 12.2 Å². The number of likely N-dealkylation sites (tertiary alicyclic amines) is 2. The molecule has 0 bridgehead atoms. The zero-order chi connectivity index (χ0) is 19.6. The molecule has 1 N–H and O–H groups in total. The Labute approximate surface area is 160 Å². The van der Waals surface area contributed by atoms with Crippen LogP contribution >= 0.6 is 0 Å². The van der Waals surface area contributed by atoms with Crippen molar-refractivity contribution < 1.29 is 14.4 Å². The van der Waals surface area contributed by atoms with E-state index in [9.17, 15) is 14.4 Å². The molecule has 2 saturated heterocycles. The van der Waals surface area contributed by atoms with Crippen LogP contribution in [0.5, 0.6) is 0 Å². The van der Waals surface area contributed by atoms with Crippen LogP contribution in [-0.2, 0) is 9.59 Å². The molecule has 2 fully saturated rings. The van der Waals surface area contributed by atoms with Crippen LogP contribution < -0.4 is 5.32 Å². The smallest absolute Gasteiger partial charge is 0.254 e. The van der Waals surface area contributed by atoms with E-state index in [4.69, 9.17) is 0 Å². The Hall–Kier alpha value is -2.37. The number of benzene rings is 1. The maximum absolute atomic E-state index is 12.8. The van der Waals surface area contributed by atoms with Crippen molar-refractivity contribution >= 4 is 23.4 Å². The quantitative estimate of drug-likeness (QED) is 0.885. The first-order valence-corrected chi connectivity index (χ1v) is 9.91. The molecule has 0 radical (unpaired) electrons. The summed E-state index contributed by atoms with van der Waals surface area (Å²) in [5, 5.41) is 2.93. The third kappa shape index (κ3) is 4.15. The monoisotopic (exact) mass is 371 g/mol. The Kier molecular flexibility index (Phi) is 5.82. The Bertz CT molecular complexity index is 746. The Morgan fingerprint density at radius 2 is 2.04 bits per heavy atom. The van der Waals surface area contributed by atoms with Crippen LogP contribution in [0.15, 0.2) is 18.2 Å². The number of carbonyl (C=O) groups is 3. The Balaban J connectivity index is 1.67. The van der Waals surface area contributed by atoms with Gasteiger partial charge in [-0.1, -0.05) is 0 Å². The summed E-state index contributed by atoms with van der Waals surface area (Å²) in [7, 11) is 0. The van der Waals surface area contributed by atoms with Crippen molar-refractivity contribution in [2.45, 2.75) is 52.5 Å². The van der Waals surface area contributed by atoms with E-state index in [1.807, 2.05) is 24.8 Å². The van der Waals surface area contributed by atoms with Crippen LogP contribution in [-0.4, -0.2) is 53.2 Å². The molecule has 3 amide bonds. The summed E-state index contributed by atoms with van der Waals surface area (Å²) < 4.78 is 0. The highest BCUT2D eigenvalue weighted by Gasteiger charge is 2.33. The first-order valence-electron chi connectivity index (χ1n) is 9.91. The molecule has 0 spiro atoms. The molecule has 1 aromatic rings. The van der Waals surface area contributed by atoms with E-state index in [0.717, 1.165) is 24.9 Å². The number of hydrogen-bond acceptors (Lipinski definition) is 3. The molecule has 2 unspecified atom stereocenters. The molecule has 1 aromatic carbocycles. The number of hydrogen-bond donors (Lipinski definition) is 1. The Morgan fingerprint density at radius 3 is 2.67 bits per heavy atom. The lowest BCUT2D eigenvalue weighted by Gasteiger charge is -2.33. The highest BCUT2D eigenvalue weighted by Crippen LogP contribution is 2.24.